The van der Waals surface area contributed by atoms with Crippen molar-refractivity contribution in [3.05, 3.63) is 47.5 Å². The van der Waals surface area contributed by atoms with Crippen molar-refractivity contribution in [3.8, 4) is 0 Å². The SMILES string of the molecule is CC(=O)N(c1ccccc1)c1nc(/C=C/C(=O)N2CC(C)OCC2C)cs1. The Morgan fingerprint density at radius 3 is 2.74 bits per heavy atom. The van der Waals surface area contributed by atoms with Crippen LogP contribution in [0.15, 0.2) is 41.8 Å². The molecule has 1 aromatic heterocycles. The lowest BCUT2D eigenvalue weighted by Crippen LogP contribution is -2.49. The molecule has 1 aliphatic rings. The standard InChI is InChI=1S/C20H23N3O3S/c1-14-12-26-15(2)11-22(14)19(25)10-9-17-13-27-20(21-17)23(16(3)24)18-7-5-4-6-8-18/h4-10,13-15H,11-12H2,1-3H3/b10-9+. The van der Waals surface area contributed by atoms with Gasteiger partial charge >= 0.3 is 0 Å². The zero-order valence-electron chi connectivity index (χ0n) is 15.7. The lowest BCUT2D eigenvalue weighted by Gasteiger charge is -2.36. The molecule has 27 heavy (non-hydrogen) atoms. The van der Waals surface area contributed by atoms with E-state index < -0.39 is 0 Å². The zero-order chi connectivity index (χ0) is 19.4. The molecule has 2 unspecified atom stereocenters. The Bertz CT molecular complexity index is 834. The second-order valence-electron chi connectivity index (χ2n) is 6.56. The molecule has 6 nitrogen and oxygen atoms in total. The van der Waals surface area contributed by atoms with Gasteiger partial charge in [-0.3, -0.25) is 14.5 Å². The van der Waals surface area contributed by atoms with Gasteiger partial charge in [0.05, 0.1) is 30.1 Å². The third-order valence-corrected chi connectivity index (χ3v) is 5.16. The number of aromatic nitrogens is 1. The summed E-state index contributed by atoms with van der Waals surface area (Å²) in [4.78, 5) is 32.5. The van der Waals surface area contributed by atoms with Crippen LogP contribution in [0.5, 0.6) is 0 Å². The molecule has 0 bridgehead atoms. The largest absolute Gasteiger partial charge is 0.375 e. The van der Waals surface area contributed by atoms with Gasteiger partial charge in [-0.1, -0.05) is 18.2 Å². The summed E-state index contributed by atoms with van der Waals surface area (Å²) in [5, 5.41) is 2.41. The predicted octanol–water partition coefficient (Wildman–Crippen LogP) is 3.48. The van der Waals surface area contributed by atoms with Crippen molar-refractivity contribution in [1.29, 1.82) is 0 Å². The normalized spacial score (nSPS) is 20.0. The van der Waals surface area contributed by atoms with Crippen molar-refractivity contribution >= 4 is 40.0 Å². The molecular formula is C20H23N3O3S. The number of benzene rings is 1. The highest BCUT2D eigenvalue weighted by molar-refractivity contribution is 7.14. The van der Waals surface area contributed by atoms with Gasteiger partial charge < -0.3 is 9.64 Å². The van der Waals surface area contributed by atoms with Gasteiger partial charge in [-0.2, -0.15) is 0 Å². The number of amides is 2. The number of anilines is 2. The average Bonchev–Trinajstić information content (AvgIpc) is 3.11. The monoisotopic (exact) mass is 385 g/mol. The smallest absolute Gasteiger partial charge is 0.247 e. The van der Waals surface area contributed by atoms with Crippen LogP contribution in [-0.4, -0.2) is 47.0 Å². The Kier molecular flexibility index (Phi) is 6.03. The minimum absolute atomic E-state index is 0.0411. The maximum atomic E-state index is 12.5. The fourth-order valence-corrected chi connectivity index (χ4v) is 3.78. The summed E-state index contributed by atoms with van der Waals surface area (Å²) in [5.41, 5.74) is 1.42. The highest BCUT2D eigenvalue weighted by Gasteiger charge is 2.26. The Balaban J connectivity index is 1.74. The Morgan fingerprint density at radius 2 is 2.04 bits per heavy atom. The second-order valence-corrected chi connectivity index (χ2v) is 7.40. The van der Waals surface area contributed by atoms with Gasteiger partial charge in [0, 0.05) is 24.9 Å². The van der Waals surface area contributed by atoms with Gasteiger partial charge in [0.25, 0.3) is 0 Å². The van der Waals surface area contributed by atoms with Gasteiger partial charge in [-0.25, -0.2) is 4.98 Å². The number of hydrogen-bond acceptors (Lipinski definition) is 5. The summed E-state index contributed by atoms with van der Waals surface area (Å²) in [6.45, 7) is 6.57. The quantitative estimate of drug-likeness (QED) is 0.756. The van der Waals surface area contributed by atoms with E-state index in [-0.39, 0.29) is 24.0 Å². The summed E-state index contributed by atoms with van der Waals surface area (Å²) in [7, 11) is 0. The topological polar surface area (TPSA) is 62.7 Å². The highest BCUT2D eigenvalue weighted by atomic mass is 32.1. The number of para-hydroxylation sites is 1. The molecule has 1 saturated heterocycles. The van der Waals surface area contributed by atoms with E-state index in [0.717, 1.165) is 5.69 Å². The Hall–Kier alpha value is -2.51. The molecule has 2 aromatic rings. The van der Waals surface area contributed by atoms with Crippen LogP contribution >= 0.6 is 11.3 Å². The molecule has 2 atom stereocenters. The molecule has 2 heterocycles. The van der Waals surface area contributed by atoms with Crippen LogP contribution in [0, 0.1) is 0 Å². The van der Waals surface area contributed by atoms with Gasteiger partial charge in [-0.05, 0) is 32.1 Å². The third-order valence-electron chi connectivity index (χ3n) is 4.32. The van der Waals surface area contributed by atoms with E-state index in [9.17, 15) is 9.59 Å². The van der Waals surface area contributed by atoms with Crippen molar-refractivity contribution in [2.24, 2.45) is 0 Å². The molecule has 1 aromatic carbocycles. The van der Waals surface area contributed by atoms with Crippen molar-refractivity contribution in [3.63, 3.8) is 0 Å². The molecule has 0 spiro atoms. The van der Waals surface area contributed by atoms with E-state index in [2.05, 4.69) is 4.98 Å². The van der Waals surface area contributed by atoms with E-state index in [1.165, 1.54) is 24.3 Å². The van der Waals surface area contributed by atoms with Crippen molar-refractivity contribution in [2.45, 2.75) is 32.9 Å². The molecule has 0 saturated carbocycles. The third kappa shape index (κ3) is 4.61. The van der Waals surface area contributed by atoms with Crippen molar-refractivity contribution in [1.82, 2.24) is 9.88 Å². The van der Waals surface area contributed by atoms with E-state index >= 15 is 0 Å². The van der Waals surface area contributed by atoms with Crippen LogP contribution in [-0.2, 0) is 14.3 Å². The number of hydrogen-bond donors (Lipinski definition) is 0. The molecule has 7 heteroatoms. The first-order valence-electron chi connectivity index (χ1n) is 8.87. The maximum Gasteiger partial charge on any atom is 0.247 e. The molecule has 142 valence electrons. The summed E-state index contributed by atoms with van der Waals surface area (Å²) in [6.07, 6.45) is 3.27. The molecule has 3 rings (SSSR count). The van der Waals surface area contributed by atoms with Gasteiger partial charge in [-0.15, -0.1) is 11.3 Å². The van der Waals surface area contributed by atoms with Crippen LogP contribution in [0.4, 0.5) is 10.8 Å². The fraction of sp³-hybridized carbons (Fsp3) is 0.350. The van der Waals surface area contributed by atoms with E-state index in [1.54, 1.807) is 11.0 Å². The fourth-order valence-electron chi connectivity index (χ4n) is 2.92. The molecular weight excluding hydrogens is 362 g/mol. The first kappa shape index (κ1) is 19.3. The van der Waals surface area contributed by atoms with Crippen molar-refractivity contribution in [2.75, 3.05) is 18.1 Å². The summed E-state index contributed by atoms with van der Waals surface area (Å²) in [5.74, 6) is -0.169. The van der Waals surface area contributed by atoms with Crippen LogP contribution in [0.1, 0.15) is 26.5 Å². The van der Waals surface area contributed by atoms with Crippen LogP contribution in [0.2, 0.25) is 0 Å². The minimum Gasteiger partial charge on any atom is -0.375 e. The number of carbonyl (C=O) groups is 2. The van der Waals surface area contributed by atoms with Crippen LogP contribution in [0.3, 0.4) is 0 Å². The molecule has 0 N–H and O–H groups in total. The molecule has 0 radical (unpaired) electrons. The number of rotatable bonds is 4. The van der Waals surface area contributed by atoms with Crippen LogP contribution in [0.25, 0.3) is 6.08 Å². The summed E-state index contributed by atoms with van der Waals surface area (Å²) >= 11 is 1.37. The molecule has 2 amide bonds. The second kappa shape index (κ2) is 8.45. The Labute approximate surface area is 163 Å². The van der Waals surface area contributed by atoms with Crippen LogP contribution < -0.4 is 4.90 Å². The number of nitrogens with zero attached hydrogens (tertiary/aromatic N) is 3. The highest BCUT2D eigenvalue weighted by Crippen LogP contribution is 2.29. The molecule has 0 aliphatic carbocycles. The number of ether oxygens (including phenoxy) is 1. The lowest BCUT2D eigenvalue weighted by molar-refractivity contribution is -0.137. The first-order chi connectivity index (χ1) is 13.0. The predicted molar refractivity (Wildman–Crippen MR) is 107 cm³/mol. The first-order valence-corrected chi connectivity index (χ1v) is 9.75. The number of morpholine rings is 1. The maximum absolute atomic E-state index is 12.5. The zero-order valence-corrected chi connectivity index (χ0v) is 16.5. The average molecular weight is 385 g/mol. The van der Waals surface area contributed by atoms with E-state index in [0.29, 0.717) is 24.0 Å². The Morgan fingerprint density at radius 1 is 1.30 bits per heavy atom. The number of carbonyl (C=O) groups excluding carboxylic acids is 2. The summed E-state index contributed by atoms with van der Waals surface area (Å²) in [6, 6.07) is 9.43. The van der Waals surface area contributed by atoms with Gasteiger partial charge in [0.15, 0.2) is 5.13 Å². The van der Waals surface area contributed by atoms with Gasteiger partial charge in [0.1, 0.15) is 0 Å². The van der Waals surface area contributed by atoms with Gasteiger partial charge in [0.2, 0.25) is 11.8 Å². The molecule has 1 aliphatic heterocycles. The molecule has 1 fully saturated rings. The van der Waals surface area contributed by atoms with Crippen molar-refractivity contribution < 1.29 is 14.3 Å². The van der Waals surface area contributed by atoms with E-state index in [1.807, 2.05) is 54.5 Å². The minimum atomic E-state index is -0.113. The van der Waals surface area contributed by atoms with E-state index in [4.69, 9.17) is 4.74 Å². The summed E-state index contributed by atoms with van der Waals surface area (Å²) < 4.78 is 5.56. The lowest BCUT2D eigenvalue weighted by atomic mass is 10.2. The number of thiazole rings is 1.